The highest BCUT2D eigenvalue weighted by Gasteiger charge is 2.29. The molecule has 1 unspecified atom stereocenters. The number of fused-ring (bicyclic) bond motifs is 1. The van der Waals surface area contributed by atoms with Crippen molar-refractivity contribution < 1.29 is 9.59 Å². The molecule has 9 heteroatoms. The van der Waals surface area contributed by atoms with Gasteiger partial charge in [0.2, 0.25) is 11.8 Å². The van der Waals surface area contributed by atoms with Crippen molar-refractivity contribution in [3.05, 3.63) is 41.5 Å². The van der Waals surface area contributed by atoms with Gasteiger partial charge in [0.15, 0.2) is 0 Å². The van der Waals surface area contributed by atoms with E-state index in [0.717, 1.165) is 61.3 Å². The first-order chi connectivity index (χ1) is 13.1. The first-order valence-corrected chi connectivity index (χ1v) is 9.60. The van der Waals surface area contributed by atoms with Crippen molar-refractivity contribution in [2.45, 2.75) is 45.1 Å². The molecular weight excluding hydrogens is 413 g/mol. The third-order valence-corrected chi connectivity index (χ3v) is 5.59. The summed E-state index contributed by atoms with van der Waals surface area (Å²) < 4.78 is 0. The van der Waals surface area contributed by atoms with Gasteiger partial charge >= 0.3 is 0 Å². The first-order valence-electron chi connectivity index (χ1n) is 9.60. The van der Waals surface area contributed by atoms with Gasteiger partial charge in [0, 0.05) is 36.0 Å². The van der Waals surface area contributed by atoms with Crippen LogP contribution in [0.2, 0.25) is 0 Å². The number of nitrogens with zero attached hydrogens (tertiary/aromatic N) is 1. The summed E-state index contributed by atoms with van der Waals surface area (Å²) in [5.74, 6) is 0.0341. The lowest BCUT2D eigenvalue weighted by Gasteiger charge is -2.23. The number of carbonyl (C=O) groups excluding carboxylic acids is 2. The van der Waals surface area contributed by atoms with E-state index in [9.17, 15) is 9.59 Å². The molecule has 0 saturated heterocycles. The number of carbonyl (C=O) groups is 2. The van der Waals surface area contributed by atoms with E-state index in [1.165, 1.54) is 0 Å². The lowest BCUT2D eigenvalue weighted by molar-refractivity contribution is -0.120. The number of nitrogens with one attached hydrogen (secondary N) is 4. The predicted octanol–water partition coefficient (Wildman–Crippen LogP) is 3.52. The Kier molecular flexibility index (Phi) is 8.07. The van der Waals surface area contributed by atoms with Crippen LogP contribution < -0.4 is 16.0 Å². The highest BCUT2D eigenvalue weighted by Crippen LogP contribution is 2.29. The summed E-state index contributed by atoms with van der Waals surface area (Å²) in [5, 5.41) is 9.24. The number of benzene rings is 1. The average molecular weight is 440 g/mol. The molecule has 0 bridgehead atoms. The van der Waals surface area contributed by atoms with Crippen LogP contribution >= 0.6 is 24.8 Å². The number of H-pyrrole nitrogens is 1. The topological polar surface area (TPSA) is 98.9 Å². The van der Waals surface area contributed by atoms with Crippen LogP contribution in [-0.2, 0) is 16.0 Å². The molecule has 2 aliphatic rings. The number of rotatable bonds is 4. The van der Waals surface area contributed by atoms with Crippen LogP contribution in [-0.4, -0.2) is 28.3 Å². The van der Waals surface area contributed by atoms with Crippen LogP contribution in [0.25, 0.3) is 0 Å². The summed E-state index contributed by atoms with van der Waals surface area (Å²) in [4.78, 5) is 32.6. The Morgan fingerprint density at radius 1 is 1.07 bits per heavy atom. The van der Waals surface area contributed by atoms with Gasteiger partial charge in [0.05, 0.1) is 12.0 Å². The lowest BCUT2D eigenvalue weighted by Crippen LogP contribution is -2.38. The monoisotopic (exact) mass is 439 g/mol. The molecule has 4 rings (SSSR count). The SMILES string of the molecule is Cc1c(NC(=O)C2CCCC2)cccc1NC(=O)C1NCCc2[nH]cnc21.Cl.Cl. The molecule has 1 aliphatic heterocycles. The lowest BCUT2D eigenvalue weighted by atomic mass is 10.0. The van der Waals surface area contributed by atoms with Gasteiger partial charge in [0.1, 0.15) is 6.04 Å². The molecule has 4 N–H and O–H groups in total. The summed E-state index contributed by atoms with van der Waals surface area (Å²) >= 11 is 0. The minimum atomic E-state index is -0.476. The van der Waals surface area contributed by atoms with Crippen LogP contribution in [0.4, 0.5) is 11.4 Å². The van der Waals surface area contributed by atoms with E-state index in [1.807, 2.05) is 25.1 Å². The van der Waals surface area contributed by atoms with Crippen molar-refractivity contribution in [3.8, 4) is 0 Å². The van der Waals surface area contributed by atoms with Crippen LogP contribution in [0.1, 0.15) is 48.7 Å². The van der Waals surface area contributed by atoms with Crippen molar-refractivity contribution in [1.29, 1.82) is 0 Å². The molecule has 2 heterocycles. The maximum Gasteiger partial charge on any atom is 0.247 e. The van der Waals surface area contributed by atoms with E-state index < -0.39 is 6.04 Å². The fourth-order valence-corrected chi connectivity index (χ4v) is 3.97. The first kappa shape index (κ1) is 23.2. The normalized spacial score (nSPS) is 18.2. The number of halogens is 2. The second-order valence-electron chi connectivity index (χ2n) is 7.34. The predicted molar refractivity (Wildman–Crippen MR) is 118 cm³/mol. The molecule has 1 fully saturated rings. The Bertz CT molecular complexity index is 864. The van der Waals surface area contributed by atoms with Crippen molar-refractivity contribution in [2.24, 2.45) is 5.92 Å². The van der Waals surface area contributed by atoms with E-state index >= 15 is 0 Å². The van der Waals surface area contributed by atoms with Crippen molar-refractivity contribution in [3.63, 3.8) is 0 Å². The standard InChI is InChI=1S/C20H25N5O2.2ClH/c1-12-14(24-19(26)13-5-2-3-6-13)7-4-8-15(12)25-20(27)18-17-16(9-10-21-18)22-11-23-17;;/h4,7-8,11,13,18,21H,2-3,5-6,9-10H2,1H3,(H,22,23)(H,24,26)(H,25,27);2*1H. The molecule has 1 aromatic carbocycles. The van der Waals surface area contributed by atoms with E-state index in [4.69, 9.17) is 0 Å². The molecule has 1 saturated carbocycles. The molecule has 29 heavy (non-hydrogen) atoms. The molecule has 2 amide bonds. The zero-order chi connectivity index (χ0) is 18.8. The maximum atomic E-state index is 12.8. The van der Waals surface area contributed by atoms with Crippen molar-refractivity contribution >= 4 is 48.0 Å². The zero-order valence-electron chi connectivity index (χ0n) is 16.3. The van der Waals surface area contributed by atoms with Crippen LogP contribution in [0.3, 0.4) is 0 Å². The Labute approximate surface area is 182 Å². The van der Waals surface area contributed by atoms with Gasteiger partial charge in [-0.2, -0.15) is 0 Å². The molecule has 7 nitrogen and oxygen atoms in total. The average Bonchev–Trinajstić information content (AvgIpc) is 3.36. The molecule has 0 spiro atoms. The van der Waals surface area contributed by atoms with Gasteiger partial charge in [-0.25, -0.2) is 4.98 Å². The smallest absolute Gasteiger partial charge is 0.247 e. The van der Waals surface area contributed by atoms with Gasteiger partial charge in [0.25, 0.3) is 0 Å². The minimum Gasteiger partial charge on any atom is -0.348 e. The summed E-state index contributed by atoms with van der Waals surface area (Å²) in [6.07, 6.45) is 6.62. The van der Waals surface area contributed by atoms with Gasteiger partial charge in [-0.15, -0.1) is 24.8 Å². The van der Waals surface area contributed by atoms with E-state index in [0.29, 0.717) is 5.69 Å². The van der Waals surface area contributed by atoms with E-state index in [-0.39, 0.29) is 42.5 Å². The number of amides is 2. The largest absolute Gasteiger partial charge is 0.348 e. The summed E-state index contributed by atoms with van der Waals surface area (Å²) in [7, 11) is 0. The van der Waals surface area contributed by atoms with Crippen molar-refractivity contribution in [1.82, 2.24) is 15.3 Å². The highest BCUT2D eigenvalue weighted by atomic mass is 35.5. The Hall–Kier alpha value is -2.09. The second kappa shape index (κ2) is 10.1. The van der Waals surface area contributed by atoms with E-state index in [1.54, 1.807) is 6.33 Å². The molecule has 1 aliphatic carbocycles. The zero-order valence-corrected chi connectivity index (χ0v) is 17.9. The number of aromatic nitrogens is 2. The quantitative estimate of drug-likeness (QED) is 0.585. The number of hydrogen-bond donors (Lipinski definition) is 4. The van der Waals surface area contributed by atoms with Gasteiger partial charge < -0.3 is 20.9 Å². The molecule has 1 aromatic heterocycles. The fraction of sp³-hybridized carbons (Fsp3) is 0.450. The van der Waals surface area contributed by atoms with Gasteiger partial charge in [-0.1, -0.05) is 18.9 Å². The number of aromatic amines is 1. The maximum absolute atomic E-state index is 12.8. The molecule has 1 atom stereocenters. The van der Waals surface area contributed by atoms with Gasteiger partial charge in [-0.05, 0) is 37.5 Å². The Balaban J connectivity index is 0.00000150. The Morgan fingerprint density at radius 2 is 1.72 bits per heavy atom. The van der Waals surface area contributed by atoms with Crippen LogP contribution in [0.5, 0.6) is 0 Å². The van der Waals surface area contributed by atoms with E-state index in [2.05, 4.69) is 25.9 Å². The fourth-order valence-electron chi connectivity index (χ4n) is 3.97. The number of hydrogen-bond acceptors (Lipinski definition) is 4. The summed E-state index contributed by atoms with van der Waals surface area (Å²) in [5.41, 5.74) is 4.07. The van der Waals surface area contributed by atoms with Crippen molar-refractivity contribution in [2.75, 3.05) is 17.2 Å². The molecule has 2 aromatic rings. The number of imidazole rings is 1. The molecule has 158 valence electrons. The summed E-state index contributed by atoms with van der Waals surface area (Å²) in [6.45, 7) is 2.64. The third-order valence-electron chi connectivity index (χ3n) is 5.59. The highest BCUT2D eigenvalue weighted by molar-refractivity contribution is 5.98. The second-order valence-corrected chi connectivity index (χ2v) is 7.34. The van der Waals surface area contributed by atoms with Crippen LogP contribution in [0, 0.1) is 12.8 Å². The van der Waals surface area contributed by atoms with Crippen LogP contribution in [0.15, 0.2) is 24.5 Å². The third kappa shape index (κ3) is 4.91. The molecular formula is C20H27Cl2N5O2. The molecule has 0 radical (unpaired) electrons. The Morgan fingerprint density at radius 3 is 2.41 bits per heavy atom. The number of anilines is 2. The van der Waals surface area contributed by atoms with Gasteiger partial charge in [-0.3, -0.25) is 9.59 Å². The summed E-state index contributed by atoms with van der Waals surface area (Å²) in [6, 6.07) is 5.10. The minimum absolute atomic E-state index is 0.